The van der Waals surface area contributed by atoms with Crippen LogP contribution >= 0.6 is 0 Å². The van der Waals surface area contributed by atoms with Gasteiger partial charge in [0, 0.05) is 0 Å². The van der Waals surface area contributed by atoms with Gasteiger partial charge in [-0.3, -0.25) is 4.79 Å². The van der Waals surface area contributed by atoms with Crippen LogP contribution in [0.4, 0.5) is 4.39 Å². The first kappa shape index (κ1) is 18.3. The topological polar surface area (TPSA) is 81.8 Å². The molecule has 0 unspecified atom stereocenters. The number of hydrogen-bond acceptors (Lipinski definition) is 4. The standard InChI is InChI=1S/C18H24FN5O2/c1-11-5-6-13(9-15(11)19)12(2)20-16(25)10-23-17(26)24(22-21-23)18(3,4)14-7-8-14/h5-6,9,12,14H,7-8,10H2,1-4H3,(H,20,25)/t12-/m0/s1. The van der Waals surface area contributed by atoms with Crippen molar-refractivity contribution in [3.8, 4) is 0 Å². The molecular formula is C18H24FN5O2. The first-order chi connectivity index (χ1) is 12.2. The number of nitrogens with zero attached hydrogens (tertiary/aromatic N) is 4. The average molecular weight is 361 g/mol. The highest BCUT2D eigenvalue weighted by Crippen LogP contribution is 2.42. The Kier molecular flexibility index (Phi) is 4.68. The fourth-order valence-electron chi connectivity index (χ4n) is 3.08. The first-order valence-corrected chi connectivity index (χ1v) is 8.79. The lowest BCUT2D eigenvalue weighted by Gasteiger charge is -2.22. The van der Waals surface area contributed by atoms with Gasteiger partial charge in [-0.05, 0) is 74.1 Å². The predicted molar refractivity (Wildman–Crippen MR) is 94.0 cm³/mol. The number of amides is 1. The van der Waals surface area contributed by atoms with Crippen molar-refractivity contribution in [2.75, 3.05) is 0 Å². The number of tetrazole rings is 1. The van der Waals surface area contributed by atoms with Crippen LogP contribution in [0.1, 0.15) is 50.8 Å². The van der Waals surface area contributed by atoms with Crippen LogP contribution in [-0.2, 0) is 16.9 Å². The summed E-state index contributed by atoms with van der Waals surface area (Å²) in [7, 11) is 0. The number of aryl methyl sites for hydroxylation is 1. The summed E-state index contributed by atoms with van der Waals surface area (Å²) >= 11 is 0. The van der Waals surface area contributed by atoms with Gasteiger partial charge in [0.2, 0.25) is 5.91 Å². The molecule has 0 bridgehead atoms. The zero-order chi connectivity index (χ0) is 19.1. The van der Waals surface area contributed by atoms with Crippen molar-refractivity contribution in [3.63, 3.8) is 0 Å². The van der Waals surface area contributed by atoms with Crippen molar-refractivity contribution in [2.45, 2.75) is 58.7 Å². The molecular weight excluding hydrogens is 337 g/mol. The second-order valence-electron chi connectivity index (χ2n) is 7.56. The highest BCUT2D eigenvalue weighted by molar-refractivity contribution is 5.76. The van der Waals surface area contributed by atoms with Crippen molar-refractivity contribution in [1.82, 2.24) is 25.1 Å². The molecule has 1 aromatic heterocycles. The minimum atomic E-state index is -0.404. The lowest BCUT2D eigenvalue weighted by Crippen LogP contribution is -2.41. The van der Waals surface area contributed by atoms with Crippen molar-refractivity contribution in [2.24, 2.45) is 5.92 Å². The van der Waals surface area contributed by atoms with Crippen molar-refractivity contribution < 1.29 is 9.18 Å². The fraction of sp³-hybridized carbons (Fsp3) is 0.556. The lowest BCUT2D eigenvalue weighted by atomic mass is 9.99. The minimum absolute atomic E-state index is 0.224. The second kappa shape index (κ2) is 6.66. The highest BCUT2D eigenvalue weighted by Gasteiger charge is 2.41. The number of rotatable bonds is 6. The van der Waals surface area contributed by atoms with Crippen molar-refractivity contribution >= 4 is 5.91 Å². The largest absolute Gasteiger partial charge is 0.364 e. The summed E-state index contributed by atoms with van der Waals surface area (Å²) in [6.07, 6.45) is 2.13. The smallest absolute Gasteiger partial charge is 0.348 e. The van der Waals surface area contributed by atoms with Crippen LogP contribution in [-0.4, -0.2) is 25.7 Å². The van der Waals surface area contributed by atoms with E-state index in [1.54, 1.807) is 26.0 Å². The van der Waals surface area contributed by atoms with Gasteiger partial charge in [0.1, 0.15) is 12.4 Å². The third kappa shape index (κ3) is 3.54. The average Bonchev–Trinajstić information content (AvgIpc) is 3.36. The third-order valence-corrected chi connectivity index (χ3v) is 5.13. The van der Waals surface area contributed by atoms with Gasteiger partial charge < -0.3 is 5.32 Å². The van der Waals surface area contributed by atoms with Crippen LogP contribution in [0.3, 0.4) is 0 Å². The minimum Gasteiger partial charge on any atom is -0.348 e. The van der Waals surface area contributed by atoms with E-state index in [0.29, 0.717) is 17.0 Å². The summed E-state index contributed by atoms with van der Waals surface area (Å²) in [5.74, 6) is -0.280. The van der Waals surface area contributed by atoms with Crippen LogP contribution in [0.15, 0.2) is 23.0 Å². The summed E-state index contributed by atoms with van der Waals surface area (Å²) < 4.78 is 16.1. The summed E-state index contributed by atoms with van der Waals surface area (Å²) in [6.45, 7) is 7.13. The molecule has 1 heterocycles. The van der Waals surface area contributed by atoms with Crippen LogP contribution in [0.5, 0.6) is 0 Å². The molecule has 2 aromatic rings. The van der Waals surface area contributed by atoms with Crippen LogP contribution in [0, 0.1) is 18.7 Å². The number of aromatic nitrogens is 4. The number of nitrogens with one attached hydrogen (secondary N) is 1. The van der Waals surface area contributed by atoms with Gasteiger partial charge in [0.15, 0.2) is 0 Å². The molecule has 1 amide bonds. The number of carbonyl (C=O) groups excluding carboxylic acids is 1. The first-order valence-electron chi connectivity index (χ1n) is 8.79. The van der Waals surface area contributed by atoms with Gasteiger partial charge in [0.25, 0.3) is 0 Å². The molecule has 1 N–H and O–H groups in total. The maximum atomic E-state index is 13.7. The molecule has 0 radical (unpaired) electrons. The molecule has 1 aromatic carbocycles. The molecule has 1 saturated carbocycles. The van der Waals surface area contributed by atoms with Crippen LogP contribution in [0.25, 0.3) is 0 Å². The van der Waals surface area contributed by atoms with E-state index in [1.807, 2.05) is 13.8 Å². The molecule has 0 saturated heterocycles. The van der Waals surface area contributed by atoms with Gasteiger partial charge in [-0.15, -0.1) is 0 Å². The lowest BCUT2D eigenvalue weighted by molar-refractivity contribution is -0.122. The Morgan fingerprint density at radius 1 is 1.38 bits per heavy atom. The molecule has 1 aliphatic rings. The van der Waals surface area contributed by atoms with Crippen LogP contribution in [0.2, 0.25) is 0 Å². The number of benzene rings is 1. The van der Waals surface area contributed by atoms with Crippen molar-refractivity contribution in [1.29, 1.82) is 0 Å². The molecule has 1 aliphatic carbocycles. The van der Waals surface area contributed by atoms with E-state index < -0.39 is 11.2 Å². The molecule has 1 atom stereocenters. The summed E-state index contributed by atoms with van der Waals surface area (Å²) in [5.41, 5.74) is 0.408. The summed E-state index contributed by atoms with van der Waals surface area (Å²) in [4.78, 5) is 24.8. The SMILES string of the molecule is Cc1ccc([C@H](C)NC(=O)Cn2nnn(C(C)(C)C3CC3)c2=O)cc1F. The van der Waals surface area contributed by atoms with Gasteiger partial charge in [-0.2, -0.15) is 9.36 Å². The highest BCUT2D eigenvalue weighted by atomic mass is 19.1. The Balaban J connectivity index is 1.67. The Hall–Kier alpha value is -2.51. The Bertz CT molecular complexity index is 882. The number of halogens is 1. The summed E-state index contributed by atoms with van der Waals surface area (Å²) in [5, 5.41) is 10.5. The van der Waals surface area contributed by atoms with E-state index in [-0.39, 0.29) is 24.3 Å². The molecule has 8 heteroatoms. The normalized spacial score (nSPS) is 15.7. The van der Waals surface area contributed by atoms with Gasteiger partial charge in [0.05, 0.1) is 11.6 Å². The van der Waals surface area contributed by atoms with Gasteiger partial charge in [-0.1, -0.05) is 12.1 Å². The van der Waals surface area contributed by atoms with Gasteiger partial charge in [-0.25, -0.2) is 9.18 Å². The summed E-state index contributed by atoms with van der Waals surface area (Å²) in [6, 6.07) is 4.46. The molecule has 0 spiro atoms. The second-order valence-corrected chi connectivity index (χ2v) is 7.56. The van der Waals surface area contributed by atoms with E-state index in [4.69, 9.17) is 0 Å². The predicted octanol–water partition coefficient (Wildman–Crippen LogP) is 1.91. The van der Waals surface area contributed by atoms with E-state index in [0.717, 1.165) is 17.5 Å². The zero-order valence-corrected chi connectivity index (χ0v) is 15.5. The Morgan fingerprint density at radius 3 is 2.69 bits per heavy atom. The van der Waals surface area contributed by atoms with E-state index in [2.05, 4.69) is 15.7 Å². The third-order valence-electron chi connectivity index (χ3n) is 5.13. The monoisotopic (exact) mass is 361 g/mol. The van der Waals surface area contributed by atoms with E-state index in [1.165, 1.54) is 10.7 Å². The van der Waals surface area contributed by atoms with Gasteiger partial charge >= 0.3 is 5.69 Å². The molecule has 26 heavy (non-hydrogen) atoms. The molecule has 7 nitrogen and oxygen atoms in total. The van der Waals surface area contributed by atoms with E-state index >= 15 is 0 Å². The Morgan fingerprint density at radius 2 is 2.08 bits per heavy atom. The number of carbonyl (C=O) groups is 1. The molecule has 140 valence electrons. The quantitative estimate of drug-likeness (QED) is 0.852. The molecule has 0 aliphatic heterocycles. The molecule has 1 fully saturated rings. The van der Waals surface area contributed by atoms with Crippen molar-refractivity contribution in [3.05, 3.63) is 45.6 Å². The Labute approximate surface area is 151 Å². The molecule has 3 rings (SSSR count). The fourth-order valence-corrected chi connectivity index (χ4v) is 3.08. The van der Waals surface area contributed by atoms with E-state index in [9.17, 15) is 14.0 Å². The zero-order valence-electron chi connectivity index (χ0n) is 15.5. The van der Waals surface area contributed by atoms with Crippen LogP contribution < -0.4 is 11.0 Å². The number of hydrogen-bond donors (Lipinski definition) is 1. The maximum Gasteiger partial charge on any atom is 0.364 e. The maximum absolute atomic E-state index is 13.7.